The van der Waals surface area contributed by atoms with Crippen LogP contribution in [0.4, 0.5) is 8.78 Å². The topological polar surface area (TPSA) is 52.7 Å². The van der Waals surface area contributed by atoms with E-state index >= 15 is 0 Å². The first kappa shape index (κ1) is 21.9. The molecule has 3 rings (SSSR count). The number of hydrogen-bond donors (Lipinski definition) is 1. The molecule has 1 aliphatic heterocycles. The van der Waals surface area contributed by atoms with Crippen LogP contribution in [0.3, 0.4) is 0 Å². The summed E-state index contributed by atoms with van der Waals surface area (Å²) in [5.74, 6) is -2.38. The summed E-state index contributed by atoms with van der Waals surface area (Å²) in [6.45, 7) is 7.15. The minimum Gasteiger partial charge on any atom is -0.351 e. The van der Waals surface area contributed by atoms with Gasteiger partial charge in [0, 0.05) is 50.7 Å². The molecule has 0 bridgehead atoms. The Kier molecular flexibility index (Phi) is 6.82. The van der Waals surface area contributed by atoms with Crippen LogP contribution in [-0.2, 0) is 11.3 Å². The Morgan fingerprint density at radius 1 is 1.07 bits per heavy atom. The van der Waals surface area contributed by atoms with Crippen LogP contribution in [0.5, 0.6) is 0 Å². The summed E-state index contributed by atoms with van der Waals surface area (Å²) in [5, 5.41) is 2.53. The summed E-state index contributed by atoms with van der Waals surface area (Å²) in [5.41, 5.74) is 0.824. The van der Waals surface area contributed by atoms with Gasteiger partial charge in [-0.25, -0.2) is 8.78 Å². The molecule has 0 aromatic heterocycles. The van der Waals surface area contributed by atoms with E-state index in [-0.39, 0.29) is 30.0 Å². The van der Waals surface area contributed by atoms with Gasteiger partial charge in [-0.2, -0.15) is 0 Å². The summed E-state index contributed by atoms with van der Waals surface area (Å²) < 4.78 is 26.6. The summed E-state index contributed by atoms with van der Waals surface area (Å²) in [6, 6.07) is 13.0. The first-order valence-corrected chi connectivity index (χ1v) is 10.1. The normalized spacial score (nSPS) is 16.3. The smallest absolute Gasteiger partial charge is 0.254 e. The van der Waals surface area contributed by atoms with Gasteiger partial charge in [-0.1, -0.05) is 30.3 Å². The fourth-order valence-electron chi connectivity index (χ4n) is 3.71. The zero-order valence-corrected chi connectivity index (χ0v) is 17.3. The molecule has 2 aromatic rings. The third-order valence-electron chi connectivity index (χ3n) is 5.44. The van der Waals surface area contributed by atoms with Crippen LogP contribution in [0, 0.1) is 11.6 Å². The van der Waals surface area contributed by atoms with Crippen molar-refractivity contribution in [2.24, 2.45) is 0 Å². The number of rotatable bonds is 6. The van der Waals surface area contributed by atoms with E-state index in [9.17, 15) is 18.4 Å². The van der Waals surface area contributed by atoms with Crippen molar-refractivity contribution in [1.82, 2.24) is 15.1 Å². The van der Waals surface area contributed by atoms with Crippen LogP contribution in [0.1, 0.15) is 36.2 Å². The highest BCUT2D eigenvalue weighted by Gasteiger charge is 2.35. The second-order valence-corrected chi connectivity index (χ2v) is 8.16. The van der Waals surface area contributed by atoms with Crippen molar-refractivity contribution in [3.63, 3.8) is 0 Å². The lowest BCUT2D eigenvalue weighted by Crippen LogP contribution is -2.60. The average Bonchev–Trinajstić information content (AvgIpc) is 2.69. The number of amides is 2. The lowest BCUT2D eigenvalue weighted by Gasteiger charge is -2.47. The van der Waals surface area contributed by atoms with Gasteiger partial charge in [-0.15, -0.1) is 0 Å². The maximum Gasteiger partial charge on any atom is 0.254 e. The Bertz CT molecular complexity index is 903. The van der Waals surface area contributed by atoms with E-state index in [4.69, 9.17) is 0 Å². The SMILES string of the molecule is CC1(C)CN(C(=O)CCNC(=O)c2ccc(F)cc2F)CCN1Cc1ccccc1. The molecule has 160 valence electrons. The summed E-state index contributed by atoms with van der Waals surface area (Å²) >= 11 is 0. The number of hydrogen-bond acceptors (Lipinski definition) is 3. The predicted molar refractivity (Wildman–Crippen MR) is 111 cm³/mol. The zero-order chi connectivity index (χ0) is 21.7. The molecular formula is C23H27F2N3O2. The zero-order valence-electron chi connectivity index (χ0n) is 17.3. The van der Waals surface area contributed by atoms with E-state index in [1.165, 1.54) is 5.56 Å². The first-order valence-electron chi connectivity index (χ1n) is 10.1. The van der Waals surface area contributed by atoms with Crippen molar-refractivity contribution in [2.75, 3.05) is 26.2 Å². The van der Waals surface area contributed by atoms with Gasteiger partial charge >= 0.3 is 0 Å². The summed E-state index contributed by atoms with van der Waals surface area (Å²) in [7, 11) is 0. The molecule has 1 fully saturated rings. The summed E-state index contributed by atoms with van der Waals surface area (Å²) in [6.07, 6.45) is 0.128. The van der Waals surface area contributed by atoms with Crippen LogP contribution in [0.2, 0.25) is 0 Å². The quantitative estimate of drug-likeness (QED) is 0.788. The van der Waals surface area contributed by atoms with Gasteiger partial charge in [0.15, 0.2) is 0 Å². The molecule has 0 atom stereocenters. The third kappa shape index (κ3) is 5.42. The minimum absolute atomic E-state index is 0.0534. The molecule has 1 aliphatic rings. The fourth-order valence-corrected chi connectivity index (χ4v) is 3.71. The first-order chi connectivity index (χ1) is 14.3. The van der Waals surface area contributed by atoms with E-state index in [1.54, 1.807) is 0 Å². The number of carbonyl (C=O) groups is 2. The maximum atomic E-state index is 13.7. The van der Waals surface area contributed by atoms with Gasteiger partial charge in [0.05, 0.1) is 5.56 Å². The van der Waals surface area contributed by atoms with Gasteiger partial charge in [-0.3, -0.25) is 14.5 Å². The van der Waals surface area contributed by atoms with Gasteiger partial charge < -0.3 is 10.2 Å². The standard InChI is InChI=1S/C23H27F2N3O2/c1-23(2)16-27(12-13-28(23)15-17-6-4-3-5-7-17)21(29)10-11-26-22(30)19-9-8-18(24)14-20(19)25/h3-9,14H,10-13,15-16H2,1-2H3,(H,26,30). The van der Waals surface area contributed by atoms with Crippen molar-refractivity contribution in [2.45, 2.75) is 32.4 Å². The van der Waals surface area contributed by atoms with E-state index in [0.29, 0.717) is 19.2 Å². The van der Waals surface area contributed by atoms with E-state index in [0.717, 1.165) is 25.2 Å². The van der Waals surface area contributed by atoms with Crippen molar-refractivity contribution in [3.05, 3.63) is 71.3 Å². The average molecular weight is 415 g/mol. The van der Waals surface area contributed by atoms with Crippen LogP contribution in [-0.4, -0.2) is 53.3 Å². The van der Waals surface area contributed by atoms with Crippen LogP contribution in [0.15, 0.2) is 48.5 Å². The maximum absolute atomic E-state index is 13.7. The monoisotopic (exact) mass is 415 g/mol. The molecule has 0 spiro atoms. The molecular weight excluding hydrogens is 388 g/mol. The Hall–Kier alpha value is -2.80. The molecule has 2 amide bonds. The van der Waals surface area contributed by atoms with Gasteiger partial charge in [-0.05, 0) is 31.5 Å². The Morgan fingerprint density at radius 3 is 2.47 bits per heavy atom. The molecule has 1 heterocycles. The molecule has 7 heteroatoms. The third-order valence-corrected chi connectivity index (χ3v) is 5.44. The molecule has 2 aromatic carbocycles. The van der Waals surface area contributed by atoms with E-state index < -0.39 is 17.5 Å². The minimum atomic E-state index is -0.921. The molecule has 1 N–H and O–H groups in total. The molecule has 0 radical (unpaired) electrons. The van der Waals surface area contributed by atoms with Gasteiger partial charge in [0.2, 0.25) is 5.91 Å². The van der Waals surface area contributed by atoms with Crippen molar-refractivity contribution < 1.29 is 18.4 Å². The van der Waals surface area contributed by atoms with Gasteiger partial charge in [0.1, 0.15) is 11.6 Å². The van der Waals surface area contributed by atoms with Crippen molar-refractivity contribution in [1.29, 1.82) is 0 Å². The number of carbonyl (C=O) groups excluding carboxylic acids is 2. The highest BCUT2D eigenvalue weighted by molar-refractivity contribution is 5.94. The Morgan fingerprint density at radius 2 is 1.80 bits per heavy atom. The lowest BCUT2D eigenvalue weighted by molar-refractivity contribution is -0.136. The Labute approximate surface area is 175 Å². The van der Waals surface area contributed by atoms with Crippen LogP contribution >= 0.6 is 0 Å². The second-order valence-electron chi connectivity index (χ2n) is 8.16. The van der Waals surface area contributed by atoms with E-state index in [2.05, 4.69) is 36.2 Å². The van der Waals surface area contributed by atoms with Crippen molar-refractivity contribution >= 4 is 11.8 Å². The summed E-state index contributed by atoms with van der Waals surface area (Å²) in [4.78, 5) is 28.8. The van der Waals surface area contributed by atoms with Crippen LogP contribution < -0.4 is 5.32 Å². The van der Waals surface area contributed by atoms with Crippen LogP contribution in [0.25, 0.3) is 0 Å². The number of nitrogens with zero attached hydrogens (tertiary/aromatic N) is 2. The molecule has 0 aliphatic carbocycles. The molecule has 0 unspecified atom stereocenters. The lowest BCUT2D eigenvalue weighted by atomic mass is 9.97. The highest BCUT2D eigenvalue weighted by Crippen LogP contribution is 2.23. The van der Waals surface area contributed by atoms with Gasteiger partial charge in [0.25, 0.3) is 5.91 Å². The number of halogens is 2. The number of piperazine rings is 1. The van der Waals surface area contributed by atoms with Crippen molar-refractivity contribution in [3.8, 4) is 0 Å². The fraction of sp³-hybridized carbons (Fsp3) is 0.391. The van der Waals surface area contributed by atoms with E-state index in [1.807, 2.05) is 23.1 Å². The predicted octanol–water partition coefficient (Wildman–Crippen LogP) is 3.21. The Balaban J connectivity index is 1.49. The molecule has 0 saturated carbocycles. The molecule has 1 saturated heterocycles. The second kappa shape index (κ2) is 9.34. The molecule has 30 heavy (non-hydrogen) atoms. The molecule has 5 nitrogen and oxygen atoms in total. The largest absolute Gasteiger partial charge is 0.351 e. The number of benzene rings is 2. The number of nitrogens with one attached hydrogen (secondary N) is 1. The highest BCUT2D eigenvalue weighted by atomic mass is 19.1.